The third kappa shape index (κ3) is 5.58. The average molecular weight is 432 g/mol. The van der Waals surface area contributed by atoms with Crippen LogP contribution in [0.1, 0.15) is 10.4 Å². The van der Waals surface area contributed by atoms with Gasteiger partial charge < -0.3 is 10.1 Å². The van der Waals surface area contributed by atoms with E-state index in [0.717, 1.165) is 19.4 Å². The largest absolute Gasteiger partial charge is 0.379 e. The molecule has 3 rings (SSSR count). The summed E-state index contributed by atoms with van der Waals surface area (Å²) >= 11 is 0. The fraction of sp³-hybridized carbons (Fsp3) is 0.353. The third-order valence-corrected chi connectivity index (χ3v) is 4.47. The first-order valence-corrected chi connectivity index (χ1v) is 9.30. The second kappa shape index (κ2) is 10.2. The fourth-order valence-electron chi connectivity index (χ4n) is 2.94. The van der Waals surface area contributed by atoms with Crippen LogP contribution >= 0.6 is 0 Å². The number of nitro benzene ring substituents is 1. The zero-order valence-electron chi connectivity index (χ0n) is 16.3. The van der Waals surface area contributed by atoms with Gasteiger partial charge in [0.1, 0.15) is 11.9 Å². The summed E-state index contributed by atoms with van der Waals surface area (Å²) in [7, 11) is 0. The van der Waals surface area contributed by atoms with Crippen LogP contribution in [-0.4, -0.2) is 70.0 Å². The molecule has 0 bridgehead atoms. The molecule has 14 nitrogen and oxygen atoms in total. The number of hydrazine groups is 1. The molecule has 31 heavy (non-hydrogen) atoms. The van der Waals surface area contributed by atoms with Gasteiger partial charge in [-0.15, -0.1) is 0 Å². The lowest BCUT2D eigenvalue weighted by atomic mass is 10.2. The van der Waals surface area contributed by atoms with E-state index in [0.29, 0.717) is 26.3 Å². The Kier molecular flexibility index (Phi) is 7.18. The van der Waals surface area contributed by atoms with Crippen LogP contribution in [0.15, 0.2) is 30.6 Å². The molecule has 0 radical (unpaired) electrons. The van der Waals surface area contributed by atoms with Gasteiger partial charge in [-0.1, -0.05) is 12.1 Å². The number of benzene rings is 1. The summed E-state index contributed by atoms with van der Waals surface area (Å²) in [4.78, 5) is 43.5. The van der Waals surface area contributed by atoms with Crippen molar-refractivity contribution in [1.82, 2.24) is 20.3 Å². The van der Waals surface area contributed by atoms with Crippen LogP contribution in [0.2, 0.25) is 0 Å². The first-order valence-electron chi connectivity index (χ1n) is 9.30. The van der Waals surface area contributed by atoms with E-state index in [1.165, 1.54) is 24.3 Å². The van der Waals surface area contributed by atoms with E-state index < -0.39 is 27.1 Å². The number of aromatic nitrogens is 2. The molecule has 0 spiro atoms. The summed E-state index contributed by atoms with van der Waals surface area (Å²) in [6, 6.07) is 5.33. The quantitative estimate of drug-likeness (QED) is 0.377. The molecule has 1 aliphatic rings. The Morgan fingerprint density at radius 3 is 2.52 bits per heavy atom. The van der Waals surface area contributed by atoms with Gasteiger partial charge in [-0.25, -0.2) is 9.97 Å². The predicted octanol–water partition coefficient (Wildman–Crippen LogP) is 0.794. The van der Waals surface area contributed by atoms with Gasteiger partial charge in [0.25, 0.3) is 11.6 Å². The minimum atomic E-state index is -0.845. The van der Waals surface area contributed by atoms with E-state index >= 15 is 0 Å². The number of anilines is 2. The highest BCUT2D eigenvalue weighted by Crippen LogP contribution is 2.28. The summed E-state index contributed by atoms with van der Waals surface area (Å²) in [6.07, 6.45) is 1.10. The number of amides is 1. The monoisotopic (exact) mass is 432 g/mol. The van der Waals surface area contributed by atoms with E-state index in [2.05, 4.69) is 31.0 Å². The summed E-state index contributed by atoms with van der Waals surface area (Å²) in [5, 5.41) is 25.6. The molecule has 2 aromatic rings. The van der Waals surface area contributed by atoms with Crippen LogP contribution in [-0.2, 0) is 4.74 Å². The summed E-state index contributed by atoms with van der Waals surface area (Å²) < 4.78 is 5.28. The highest BCUT2D eigenvalue weighted by Gasteiger charge is 2.25. The standard InChI is InChI=1S/C17H20N8O6/c26-17(12-3-1-2-4-13(12)24(27)28)22-21-16-14(25(29)30)15(19-11-20-16)18-5-6-23-7-9-31-10-8-23/h1-4,11H,5-10H2,(H,22,26)(H2,18,19,20,21). The van der Waals surface area contributed by atoms with E-state index in [1.807, 2.05) is 0 Å². The molecule has 1 amide bonds. The maximum absolute atomic E-state index is 12.3. The zero-order chi connectivity index (χ0) is 22.2. The molecule has 14 heteroatoms. The molecular formula is C17H20N8O6. The highest BCUT2D eigenvalue weighted by atomic mass is 16.6. The average Bonchev–Trinajstić information content (AvgIpc) is 2.78. The molecule has 3 N–H and O–H groups in total. The predicted molar refractivity (Wildman–Crippen MR) is 109 cm³/mol. The Labute approximate surface area is 175 Å². The van der Waals surface area contributed by atoms with E-state index in [4.69, 9.17) is 4.74 Å². The molecule has 1 aromatic carbocycles. The SMILES string of the molecule is O=C(NNc1ncnc(NCCN2CCOCC2)c1[N+](=O)[O-])c1ccccc1[N+](=O)[O-]. The zero-order valence-corrected chi connectivity index (χ0v) is 16.3. The van der Waals surface area contributed by atoms with Crippen molar-refractivity contribution in [3.05, 3.63) is 56.4 Å². The van der Waals surface area contributed by atoms with Crippen LogP contribution < -0.4 is 16.2 Å². The molecule has 1 aliphatic heterocycles. The van der Waals surface area contributed by atoms with Gasteiger partial charge in [0.15, 0.2) is 0 Å². The molecular weight excluding hydrogens is 412 g/mol. The Hall–Kier alpha value is -3.91. The molecule has 0 atom stereocenters. The lowest BCUT2D eigenvalue weighted by molar-refractivity contribution is -0.385. The van der Waals surface area contributed by atoms with Crippen molar-refractivity contribution >= 4 is 28.9 Å². The van der Waals surface area contributed by atoms with Crippen molar-refractivity contribution < 1.29 is 19.4 Å². The van der Waals surface area contributed by atoms with Crippen LogP contribution in [0.3, 0.4) is 0 Å². The van der Waals surface area contributed by atoms with Crippen LogP contribution in [0.25, 0.3) is 0 Å². The number of nitrogens with zero attached hydrogens (tertiary/aromatic N) is 5. The van der Waals surface area contributed by atoms with E-state index in [-0.39, 0.29) is 17.2 Å². The number of nitro groups is 2. The second-order valence-electron chi connectivity index (χ2n) is 6.41. The Balaban J connectivity index is 1.68. The van der Waals surface area contributed by atoms with Crippen molar-refractivity contribution in [2.24, 2.45) is 0 Å². The summed E-state index contributed by atoms with van der Waals surface area (Å²) in [5.41, 5.74) is 3.49. The Morgan fingerprint density at radius 2 is 1.81 bits per heavy atom. The fourth-order valence-corrected chi connectivity index (χ4v) is 2.94. The molecule has 0 saturated carbocycles. The number of rotatable bonds is 9. The second-order valence-corrected chi connectivity index (χ2v) is 6.41. The number of hydrogen-bond donors (Lipinski definition) is 3. The normalized spacial score (nSPS) is 13.9. The summed E-state index contributed by atoms with van der Waals surface area (Å²) in [5.74, 6) is -1.13. The highest BCUT2D eigenvalue weighted by molar-refractivity contribution is 5.98. The van der Waals surface area contributed by atoms with E-state index in [9.17, 15) is 25.0 Å². The van der Waals surface area contributed by atoms with Crippen molar-refractivity contribution in [2.45, 2.75) is 0 Å². The Bertz CT molecular complexity index is 965. The number of carbonyl (C=O) groups excluding carboxylic acids is 1. The smallest absolute Gasteiger partial charge is 0.354 e. The maximum Gasteiger partial charge on any atom is 0.354 e. The van der Waals surface area contributed by atoms with Crippen LogP contribution in [0.4, 0.5) is 23.0 Å². The van der Waals surface area contributed by atoms with Gasteiger partial charge in [0, 0.05) is 32.2 Å². The maximum atomic E-state index is 12.3. The molecule has 2 heterocycles. The lowest BCUT2D eigenvalue weighted by Gasteiger charge is -2.26. The van der Waals surface area contributed by atoms with Crippen LogP contribution in [0, 0.1) is 20.2 Å². The number of ether oxygens (including phenoxy) is 1. The molecule has 1 saturated heterocycles. The van der Waals surface area contributed by atoms with Crippen molar-refractivity contribution in [3.63, 3.8) is 0 Å². The van der Waals surface area contributed by atoms with Crippen molar-refractivity contribution in [2.75, 3.05) is 50.1 Å². The van der Waals surface area contributed by atoms with E-state index in [1.54, 1.807) is 0 Å². The molecule has 1 aromatic heterocycles. The lowest BCUT2D eigenvalue weighted by Crippen LogP contribution is -2.39. The number of para-hydroxylation sites is 1. The topological polar surface area (TPSA) is 178 Å². The van der Waals surface area contributed by atoms with Gasteiger partial charge in [0.05, 0.1) is 23.1 Å². The van der Waals surface area contributed by atoms with Crippen LogP contribution in [0.5, 0.6) is 0 Å². The van der Waals surface area contributed by atoms with Gasteiger partial charge in [0.2, 0.25) is 11.6 Å². The van der Waals surface area contributed by atoms with Crippen molar-refractivity contribution in [1.29, 1.82) is 0 Å². The first-order chi connectivity index (χ1) is 15.0. The Morgan fingerprint density at radius 1 is 1.10 bits per heavy atom. The molecule has 164 valence electrons. The van der Waals surface area contributed by atoms with Gasteiger partial charge in [-0.3, -0.25) is 40.8 Å². The van der Waals surface area contributed by atoms with Gasteiger partial charge in [-0.2, -0.15) is 0 Å². The first kappa shape index (κ1) is 21.8. The number of hydrogen-bond acceptors (Lipinski definition) is 11. The van der Waals surface area contributed by atoms with Gasteiger partial charge >= 0.3 is 5.69 Å². The molecule has 0 aliphatic carbocycles. The minimum absolute atomic E-state index is 0.0179. The molecule has 1 fully saturated rings. The number of carbonyl (C=O) groups is 1. The van der Waals surface area contributed by atoms with Gasteiger partial charge in [-0.05, 0) is 6.07 Å². The number of nitrogens with one attached hydrogen (secondary N) is 3. The number of morpholine rings is 1. The third-order valence-electron chi connectivity index (χ3n) is 4.47. The van der Waals surface area contributed by atoms with Crippen molar-refractivity contribution in [3.8, 4) is 0 Å². The minimum Gasteiger partial charge on any atom is -0.379 e. The molecule has 0 unspecified atom stereocenters. The summed E-state index contributed by atoms with van der Waals surface area (Å²) in [6.45, 7) is 3.87.